The van der Waals surface area contributed by atoms with Gasteiger partial charge >= 0.3 is 0 Å². The molecular formula is C21H26N4O5. The lowest BCUT2D eigenvalue weighted by atomic mass is 10.0. The fraction of sp³-hybridized carbons (Fsp3) is 0.476. The number of nitrogens with two attached hydrogens (primary N) is 1. The summed E-state index contributed by atoms with van der Waals surface area (Å²) in [4.78, 5) is 61.8. The van der Waals surface area contributed by atoms with Crippen LogP contribution in [-0.2, 0) is 20.8 Å². The van der Waals surface area contributed by atoms with E-state index >= 15 is 0 Å². The molecular weight excluding hydrogens is 388 g/mol. The van der Waals surface area contributed by atoms with E-state index in [1.807, 2.05) is 0 Å². The molecule has 0 aromatic heterocycles. The quantitative estimate of drug-likeness (QED) is 0.391. The van der Waals surface area contributed by atoms with Gasteiger partial charge < -0.3 is 11.1 Å². The first-order chi connectivity index (χ1) is 14.4. The van der Waals surface area contributed by atoms with Gasteiger partial charge in [-0.1, -0.05) is 12.5 Å². The van der Waals surface area contributed by atoms with E-state index in [-0.39, 0.29) is 36.3 Å². The van der Waals surface area contributed by atoms with Gasteiger partial charge in [0.25, 0.3) is 11.8 Å². The number of hydrogen-bond donors (Lipinski definition) is 3. The lowest BCUT2D eigenvalue weighted by Gasteiger charge is -2.27. The molecule has 5 amide bonds. The Hall–Kier alpha value is -3.07. The summed E-state index contributed by atoms with van der Waals surface area (Å²) < 4.78 is 0. The first kappa shape index (κ1) is 21.6. The standard InChI is InChI=1S/C21H26N4O5/c22-10-2-1-3-11-23-17(26)8-5-13-4-6-14-15(12-13)21(30)25(20(14)29)16-7-9-18(27)24-19(16)28/h4,6,12,16H,1-3,5,7-11,22H2,(H,23,26)(H,24,27,28). The van der Waals surface area contributed by atoms with Crippen LogP contribution in [0.4, 0.5) is 0 Å². The Morgan fingerprint density at radius 1 is 1.10 bits per heavy atom. The van der Waals surface area contributed by atoms with Crippen molar-refractivity contribution in [3.8, 4) is 0 Å². The van der Waals surface area contributed by atoms with Gasteiger partial charge in [0.2, 0.25) is 17.7 Å². The third kappa shape index (κ3) is 4.73. The van der Waals surface area contributed by atoms with E-state index in [9.17, 15) is 24.0 Å². The van der Waals surface area contributed by atoms with Crippen LogP contribution in [0.2, 0.25) is 0 Å². The summed E-state index contributed by atoms with van der Waals surface area (Å²) in [7, 11) is 0. The molecule has 9 heteroatoms. The second-order valence-corrected chi connectivity index (χ2v) is 7.53. The largest absolute Gasteiger partial charge is 0.356 e. The molecule has 1 saturated heterocycles. The Bertz CT molecular complexity index is 882. The van der Waals surface area contributed by atoms with Crippen LogP contribution < -0.4 is 16.4 Å². The number of unbranched alkanes of at least 4 members (excludes halogenated alkanes) is 2. The number of benzene rings is 1. The number of nitrogens with zero attached hydrogens (tertiary/aromatic N) is 1. The molecule has 1 atom stereocenters. The van der Waals surface area contributed by atoms with Gasteiger partial charge in [0.05, 0.1) is 11.1 Å². The monoisotopic (exact) mass is 414 g/mol. The molecule has 0 radical (unpaired) electrons. The van der Waals surface area contributed by atoms with Crippen molar-refractivity contribution in [3.05, 3.63) is 34.9 Å². The minimum absolute atomic E-state index is 0.0733. The van der Waals surface area contributed by atoms with Crippen LogP contribution in [0, 0.1) is 0 Å². The summed E-state index contributed by atoms with van der Waals surface area (Å²) in [6.07, 6.45) is 3.70. The molecule has 9 nitrogen and oxygen atoms in total. The van der Waals surface area contributed by atoms with Crippen LogP contribution in [0.5, 0.6) is 0 Å². The molecule has 0 aliphatic carbocycles. The van der Waals surface area contributed by atoms with Gasteiger partial charge in [0.1, 0.15) is 6.04 Å². The molecule has 2 aliphatic heterocycles. The zero-order chi connectivity index (χ0) is 21.7. The van der Waals surface area contributed by atoms with E-state index in [1.165, 1.54) is 0 Å². The Morgan fingerprint density at radius 3 is 2.60 bits per heavy atom. The number of amides is 5. The molecule has 0 bridgehead atoms. The molecule has 4 N–H and O–H groups in total. The molecule has 3 rings (SSSR count). The fourth-order valence-electron chi connectivity index (χ4n) is 3.69. The lowest BCUT2D eigenvalue weighted by molar-refractivity contribution is -0.136. The summed E-state index contributed by atoms with van der Waals surface area (Å²) in [5.74, 6) is -2.20. The van der Waals surface area contributed by atoms with E-state index in [2.05, 4.69) is 10.6 Å². The smallest absolute Gasteiger partial charge is 0.262 e. The fourth-order valence-corrected chi connectivity index (χ4v) is 3.69. The molecule has 30 heavy (non-hydrogen) atoms. The number of piperidine rings is 1. The second kappa shape index (κ2) is 9.62. The Kier molecular flexibility index (Phi) is 6.94. The zero-order valence-electron chi connectivity index (χ0n) is 16.7. The second-order valence-electron chi connectivity index (χ2n) is 7.53. The predicted octanol–water partition coefficient (Wildman–Crippen LogP) is 0.266. The van der Waals surface area contributed by atoms with Crippen molar-refractivity contribution in [3.63, 3.8) is 0 Å². The van der Waals surface area contributed by atoms with Crippen molar-refractivity contribution in [2.24, 2.45) is 5.73 Å². The average molecular weight is 414 g/mol. The van der Waals surface area contributed by atoms with Crippen molar-refractivity contribution in [2.75, 3.05) is 13.1 Å². The van der Waals surface area contributed by atoms with Gasteiger partial charge in [-0.15, -0.1) is 0 Å². The molecule has 1 fully saturated rings. The predicted molar refractivity (Wildman–Crippen MR) is 107 cm³/mol. The highest BCUT2D eigenvalue weighted by Gasteiger charge is 2.44. The number of imide groups is 2. The molecule has 1 aromatic carbocycles. The number of rotatable bonds is 9. The first-order valence-corrected chi connectivity index (χ1v) is 10.2. The van der Waals surface area contributed by atoms with Crippen molar-refractivity contribution < 1.29 is 24.0 Å². The van der Waals surface area contributed by atoms with E-state index in [0.29, 0.717) is 19.5 Å². The summed E-state index contributed by atoms with van der Waals surface area (Å²) >= 11 is 0. The van der Waals surface area contributed by atoms with E-state index in [0.717, 1.165) is 29.7 Å². The Labute approximate surface area is 174 Å². The Morgan fingerprint density at radius 2 is 1.87 bits per heavy atom. The number of carbonyl (C=O) groups is 5. The van der Waals surface area contributed by atoms with Crippen LogP contribution in [0.3, 0.4) is 0 Å². The van der Waals surface area contributed by atoms with Crippen molar-refractivity contribution in [2.45, 2.75) is 51.0 Å². The maximum Gasteiger partial charge on any atom is 0.262 e. The van der Waals surface area contributed by atoms with Crippen molar-refractivity contribution in [1.29, 1.82) is 0 Å². The highest BCUT2D eigenvalue weighted by Crippen LogP contribution is 2.28. The van der Waals surface area contributed by atoms with Gasteiger partial charge in [-0.25, -0.2) is 0 Å². The zero-order valence-corrected chi connectivity index (χ0v) is 16.7. The van der Waals surface area contributed by atoms with Crippen LogP contribution >= 0.6 is 0 Å². The average Bonchev–Trinajstić information content (AvgIpc) is 2.96. The third-order valence-corrected chi connectivity index (χ3v) is 5.35. The van der Waals surface area contributed by atoms with E-state index < -0.39 is 29.7 Å². The van der Waals surface area contributed by atoms with Crippen molar-refractivity contribution >= 4 is 29.5 Å². The van der Waals surface area contributed by atoms with E-state index in [1.54, 1.807) is 18.2 Å². The molecule has 1 unspecified atom stereocenters. The minimum Gasteiger partial charge on any atom is -0.356 e. The summed E-state index contributed by atoms with van der Waals surface area (Å²) in [5.41, 5.74) is 6.66. The molecule has 2 heterocycles. The first-order valence-electron chi connectivity index (χ1n) is 10.2. The van der Waals surface area contributed by atoms with Crippen LogP contribution in [0.15, 0.2) is 18.2 Å². The van der Waals surface area contributed by atoms with E-state index in [4.69, 9.17) is 5.73 Å². The number of aryl methyl sites for hydroxylation is 1. The maximum atomic E-state index is 12.8. The number of nitrogens with one attached hydrogen (secondary N) is 2. The lowest BCUT2D eigenvalue weighted by Crippen LogP contribution is -2.54. The van der Waals surface area contributed by atoms with Crippen LogP contribution in [-0.4, -0.2) is 53.6 Å². The molecule has 160 valence electrons. The molecule has 2 aliphatic rings. The highest BCUT2D eigenvalue weighted by molar-refractivity contribution is 6.23. The SMILES string of the molecule is NCCCCCNC(=O)CCc1ccc2c(c1)C(=O)N(C1CCC(=O)NC1=O)C2=O. The summed E-state index contributed by atoms with van der Waals surface area (Å²) in [6.45, 7) is 1.26. The minimum atomic E-state index is -0.983. The number of carbonyl (C=O) groups excluding carboxylic acids is 5. The third-order valence-electron chi connectivity index (χ3n) is 5.35. The van der Waals surface area contributed by atoms with Crippen LogP contribution in [0.25, 0.3) is 0 Å². The molecule has 0 saturated carbocycles. The van der Waals surface area contributed by atoms with Gasteiger partial charge in [-0.2, -0.15) is 0 Å². The van der Waals surface area contributed by atoms with Gasteiger partial charge in [-0.05, 0) is 49.9 Å². The number of fused-ring (bicyclic) bond motifs is 1. The summed E-state index contributed by atoms with van der Waals surface area (Å²) in [5, 5.41) is 5.03. The normalized spacial score (nSPS) is 18.4. The number of hydrogen-bond acceptors (Lipinski definition) is 6. The van der Waals surface area contributed by atoms with Gasteiger partial charge in [0, 0.05) is 19.4 Å². The van der Waals surface area contributed by atoms with Gasteiger partial charge in [-0.3, -0.25) is 34.2 Å². The van der Waals surface area contributed by atoms with Crippen LogP contribution in [0.1, 0.15) is 64.8 Å². The maximum absolute atomic E-state index is 12.8. The summed E-state index contributed by atoms with van der Waals surface area (Å²) in [6, 6.07) is 3.90. The van der Waals surface area contributed by atoms with Crippen molar-refractivity contribution in [1.82, 2.24) is 15.5 Å². The molecule has 0 spiro atoms. The van der Waals surface area contributed by atoms with Gasteiger partial charge in [0.15, 0.2) is 0 Å². The molecule has 1 aromatic rings. The Balaban J connectivity index is 1.59. The topological polar surface area (TPSA) is 139 Å². The highest BCUT2D eigenvalue weighted by atomic mass is 16.2.